The fourth-order valence-electron chi connectivity index (χ4n) is 0.958. The molecule has 16 heavy (non-hydrogen) atoms. The van der Waals surface area contributed by atoms with E-state index in [1.54, 1.807) is 13.0 Å². The molecule has 0 heterocycles. The number of sulfone groups is 1. The van der Waals surface area contributed by atoms with Crippen molar-refractivity contribution in [2.24, 2.45) is 0 Å². The molecule has 0 radical (unpaired) electrons. The molecule has 0 rings (SSSR count). The minimum Gasteiger partial charge on any atom is -0.383 e. The SMILES string of the molecule is C/C=C/CS(=O)(=O)C(C)C(=O)NCCOC. The predicted octanol–water partition coefficient (Wildman–Crippen LogP) is 0.128. The highest BCUT2D eigenvalue weighted by Crippen LogP contribution is 2.02. The van der Waals surface area contributed by atoms with E-state index in [1.165, 1.54) is 20.1 Å². The summed E-state index contributed by atoms with van der Waals surface area (Å²) in [5, 5.41) is 1.47. The summed E-state index contributed by atoms with van der Waals surface area (Å²) in [4.78, 5) is 11.5. The highest BCUT2D eigenvalue weighted by atomic mass is 32.2. The average Bonchev–Trinajstić information content (AvgIpc) is 2.25. The van der Waals surface area contributed by atoms with Crippen molar-refractivity contribution in [3.8, 4) is 0 Å². The van der Waals surface area contributed by atoms with Crippen LogP contribution in [0, 0.1) is 0 Å². The normalized spacial score (nSPS) is 13.9. The third kappa shape index (κ3) is 5.27. The topological polar surface area (TPSA) is 72.5 Å². The minimum atomic E-state index is -3.40. The van der Waals surface area contributed by atoms with Gasteiger partial charge in [-0.15, -0.1) is 0 Å². The molecule has 1 unspecified atom stereocenters. The first-order chi connectivity index (χ1) is 7.45. The molecule has 0 aliphatic rings. The van der Waals surface area contributed by atoms with Gasteiger partial charge in [0.2, 0.25) is 5.91 Å². The van der Waals surface area contributed by atoms with Crippen LogP contribution in [0.15, 0.2) is 12.2 Å². The molecular formula is C10H19NO4S. The maximum atomic E-state index is 11.6. The molecule has 0 saturated carbocycles. The van der Waals surface area contributed by atoms with Crippen molar-refractivity contribution < 1.29 is 17.9 Å². The summed E-state index contributed by atoms with van der Waals surface area (Å²) in [6, 6.07) is 0. The van der Waals surface area contributed by atoms with E-state index in [0.29, 0.717) is 13.2 Å². The lowest BCUT2D eigenvalue weighted by molar-refractivity contribution is -0.120. The van der Waals surface area contributed by atoms with Crippen molar-refractivity contribution in [1.29, 1.82) is 0 Å². The zero-order valence-corrected chi connectivity index (χ0v) is 10.7. The Balaban J connectivity index is 4.31. The summed E-state index contributed by atoms with van der Waals surface area (Å²) in [7, 11) is -1.89. The fraction of sp³-hybridized carbons (Fsp3) is 0.700. The van der Waals surface area contributed by atoms with Crippen molar-refractivity contribution in [1.82, 2.24) is 5.32 Å². The van der Waals surface area contributed by atoms with Gasteiger partial charge in [0.05, 0.1) is 12.4 Å². The summed E-state index contributed by atoms with van der Waals surface area (Å²) < 4.78 is 28.0. The lowest BCUT2D eigenvalue weighted by Gasteiger charge is -2.11. The zero-order valence-electron chi connectivity index (χ0n) is 9.89. The highest BCUT2D eigenvalue weighted by molar-refractivity contribution is 7.92. The van der Waals surface area contributed by atoms with Gasteiger partial charge in [-0.3, -0.25) is 4.79 Å². The van der Waals surface area contributed by atoms with Gasteiger partial charge in [0, 0.05) is 13.7 Å². The van der Waals surface area contributed by atoms with Crippen molar-refractivity contribution in [3.63, 3.8) is 0 Å². The van der Waals surface area contributed by atoms with Gasteiger partial charge in [-0.1, -0.05) is 12.2 Å². The molecule has 0 aromatic rings. The molecule has 94 valence electrons. The number of ether oxygens (including phenoxy) is 1. The summed E-state index contributed by atoms with van der Waals surface area (Å²) in [6.07, 6.45) is 3.17. The standard InChI is InChI=1S/C10H19NO4S/c1-4-5-8-16(13,14)9(2)10(12)11-6-7-15-3/h4-5,9H,6-8H2,1-3H3,(H,11,12)/b5-4+. The van der Waals surface area contributed by atoms with Gasteiger partial charge in [0.15, 0.2) is 9.84 Å². The number of allylic oxidation sites excluding steroid dienone is 1. The Morgan fingerprint density at radius 1 is 1.50 bits per heavy atom. The number of carbonyl (C=O) groups is 1. The van der Waals surface area contributed by atoms with Crippen LogP contribution in [0.1, 0.15) is 13.8 Å². The number of carbonyl (C=O) groups excluding carboxylic acids is 1. The van der Waals surface area contributed by atoms with E-state index < -0.39 is 21.0 Å². The summed E-state index contributed by atoms with van der Waals surface area (Å²) in [6.45, 7) is 3.81. The molecule has 1 N–H and O–H groups in total. The first-order valence-electron chi connectivity index (χ1n) is 5.05. The number of amides is 1. The van der Waals surface area contributed by atoms with Gasteiger partial charge in [0.1, 0.15) is 5.25 Å². The number of rotatable bonds is 7. The van der Waals surface area contributed by atoms with E-state index in [0.717, 1.165) is 0 Å². The molecule has 0 aromatic heterocycles. The molecule has 0 bridgehead atoms. The Labute approximate surface area is 96.8 Å². The van der Waals surface area contributed by atoms with E-state index in [4.69, 9.17) is 4.74 Å². The van der Waals surface area contributed by atoms with Gasteiger partial charge in [-0.2, -0.15) is 0 Å². The Hall–Kier alpha value is -0.880. The van der Waals surface area contributed by atoms with Crippen LogP contribution in [0.5, 0.6) is 0 Å². The third-order valence-electron chi connectivity index (χ3n) is 2.08. The second-order valence-corrected chi connectivity index (χ2v) is 5.69. The molecule has 1 atom stereocenters. The highest BCUT2D eigenvalue weighted by Gasteiger charge is 2.26. The molecule has 0 fully saturated rings. The smallest absolute Gasteiger partial charge is 0.238 e. The number of hydrogen-bond donors (Lipinski definition) is 1. The van der Waals surface area contributed by atoms with Gasteiger partial charge >= 0.3 is 0 Å². The first-order valence-corrected chi connectivity index (χ1v) is 6.76. The van der Waals surface area contributed by atoms with Gasteiger partial charge in [0.25, 0.3) is 0 Å². The van der Waals surface area contributed by atoms with E-state index >= 15 is 0 Å². The lowest BCUT2D eigenvalue weighted by atomic mass is 10.4. The second-order valence-electron chi connectivity index (χ2n) is 3.32. The maximum Gasteiger partial charge on any atom is 0.238 e. The van der Waals surface area contributed by atoms with Crippen LogP contribution in [0.2, 0.25) is 0 Å². The summed E-state index contributed by atoms with van der Waals surface area (Å²) in [5.41, 5.74) is 0. The van der Waals surface area contributed by atoms with Crippen LogP contribution in [-0.4, -0.2) is 45.6 Å². The largest absolute Gasteiger partial charge is 0.383 e. The van der Waals surface area contributed by atoms with E-state index in [2.05, 4.69) is 5.32 Å². The predicted molar refractivity (Wildman–Crippen MR) is 62.9 cm³/mol. The Morgan fingerprint density at radius 2 is 2.12 bits per heavy atom. The number of methoxy groups -OCH3 is 1. The van der Waals surface area contributed by atoms with Crippen molar-refractivity contribution in [3.05, 3.63) is 12.2 Å². The van der Waals surface area contributed by atoms with E-state index in [1.807, 2.05) is 0 Å². The zero-order chi connectivity index (χ0) is 12.6. The van der Waals surface area contributed by atoms with Crippen molar-refractivity contribution in [2.75, 3.05) is 26.0 Å². The van der Waals surface area contributed by atoms with E-state index in [-0.39, 0.29) is 5.75 Å². The molecular weight excluding hydrogens is 230 g/mol. The molecule has 0 saturated heterocycles. The van der Waals surface area contributed by atoms with Crippen LogP contribution in [0.3, 0.4) is 0 Å². The van der Waals surface area contributed by atoms with Crippen LogP contribution in [0.25, 0.3) is 0 Å². The number of nitrogens with one attached hydrogen (secondary N) is 1. The fourth-order valence-corrected chi connectivity index (χ4v) is 2.12. The first kappa shape index (κ1) is 15.1. The second kappa shape index (κ2) is 7.40. The average molecular weight is 249 g/mol. The monoisotopic (exact) mass is 249 g/mol. The van der Waals surface area contributed by atoms with Crippen LogP contribution in [-0.2, 0) is 19.4 Å². The molecule has 0 aromatic carbocycles. The van der Waals surface area contributed by atoms with Crippen LogP contribution in [0.4, 0.5) is 0 Å². The lowest BCUT2D eigenvalue weighted by Crippen LogP contribution is -2.40. The van der Waals surface area contributed by atoms with Crippen LogP contribution < -0.4 is 5.32 Å². The molecule has 5 nitrogen and oxygen atoms in total. The Kier molecular flexibility index (Phi) is 7.00. The number of hydrogen-bond acceptors (Lipinski definition) is 4. The Bertz CT molecular complexity index is 335. The van der Waals surface area contributed by atoms with E-state index in [9.17, 15) is 13.2 Å². The van der Waals surface area contributed by atoms with Crippen LogP contribution >= 0.6 is 0 Å². The minimum absolute atomic E-state index is 0.109. The van der Waals surface area contributed by atoms with Gasteiger partial charge in [-0.25, -0.2) is 8.42 Å². The van der Waals surface area contributed by atoms with Gasteiger partial charge in [-0.05, 0) is 13.8 Å². The maximum absolute atomic E-state index is 11.6. The quantitative estimate of drug-likeness (QED) is 0.514. The molecule has 0 aliphatic heterocycles. The summed E-state index contributed by atoms with van der Waals surface area (Å²) >= 11 is 0. The molecule has 6 heteroatoms. The third-order valence-corrected chi connectivity index (χ3v) is 4.03. The molecule has 1 amide bonds. The summed E-state index contributed by atoms with van der Waals surface area (Å²) in [5.74, 6) is -0.593. The molecule has 0 spiro atoms. The van der Waals surface area contributed by atoms with Crippen molar-refractivity contribution >= 4 is 15.7 Å². The molecule has 0 aliphatic carbocycles. The van der Waals surface area contributed by atoms with Gasteiger partial charge < -0.3 is 10.1 Å². The van der Waals surface area contributed by atoms with Crippen molar-refractivity contribution in [2.45, 2.75) is 19.1 Å². The Morgan fingerprint density at radius 3 is 2.62 bits per heavy atom.